The normalized spacial score (nSPS) is 16.7. The summed E-state index contributed by atoms with van der Waals surface area (Å²) >= 11 is 5.98. The van der Waals surface area contributed by atoms with Crippen molar-refractivity contribution in [2.75, 3.05) is 13.6 Å². The number of benzene rings is 1. The second-order valence-corrected chi connectivity index (χ2v) is 6.34. The number of carbonyl (C=O) groups excluding carboxylic acids is 2. The van der Waals surface area contributed by atoms with Gasteiger partial charge in [-0.15, -0.1) is 0 Å². The van der Waals surface area contributed by atoms with Crippen LogP contribution < -0.4 is 5.32 Å². The van der Waals surface area contributed by atoms with E-state index in [-0.39, 0.29) is 24.1 Å². The summed E-state index contributed by atoms with van der Waals surface area (Å²) in [5, 5.41) is 3.97. The van der Waals surface area contributed by atoms with E-state index in [2.05, 4.69) is 10.3 Å². The first-order valence-corrected chi connectivity index (χ1v) is 8.15. The highest BCUT2D eigenvalue weighted by Gasteiger charge is 2.33. The van der Waals surface area contributed by atoms with Crippen LogP contribution in [-0.2, 0) is 11.3 Å². The lowest BCUT2D eigenvalue weighted by atomic mass is 10.1. The molecule has 1 aliphatic heterocycles. The molecule has 3 aromatic rings. The zero-order valence-corrected chi connectivity index (χ0v) is 14.2. The van der Waals surface area contributed by atoms with E-state index in [1.165, 1.54) is 0 Å². The lowest BCUT2D eigenvalue weighted by Crippen LogP contribution is -2.45. The van der Waals surface area contributed by atoms with Crippen molar-refractivity contribution in [2.24, 2.45) is 0 Å². The number of aromatic nitrogens is 2. The summed E-state index contributed by atoms with van der Waals surface area (Å²) in [6, 6.07) is 6.34. The molecule has 0 bridgehead atoms. The van der Waals surface area contributed by atoms with Crippen molar-refractivity contribution in [3.8, 4) is 0 Å². The highest BCUT2D eigenvalue weighted by atomic mass is 35.5. The van der Waals surface area contributed by atoms with Crippen molar-refractivity contribution in [3.05, 3.63) is 53.3 Å². The molecule has 1 unspecified atom stereocenters. The first-order valence-electron chi connectivity index (χ1n) is 7.77. The Morgan fingerprint density at radius 3 is 3.00 bits per heavy atom. The Hall–Kier alpha value is -2.80. The van der Waals surface area contributed by atoms with Crippen molar-refractivity contribution in [1.29, 1.82) is 0 Å². The molecule has 1 aromatic carbocycles. The van der Waals surface area contributed by atoms with Crippen molar-refractivity contribution in [2.45, 2.75) is 12.6 Å². The van der Waals surface area contributed by atoms with E-state index in [1.807, 2.05) is 0 Å². The number of likely N-dealkylation sites (N-methyl/N-ethyl adjacent to an activating group) is 1. The molecule has 1 N–H and O–H groups in total. The van der Waals surface area contributed by atoms with Gasteiger partial charge in [0.1, 0.15) is 11.6 Å². The minimum atomic E-state index is -0.515. The monoisotopic (exact) mass is 358 g/mol. The molecule has 1 aliphatic rings. The Bertz CT molecular complexity index is 977. The van der Waals surface area contributed by atoms with Crippen molar-refractivity contribution in [1.82, 2.24) is 19.8 Å². The SMILES string of the molecule is CNC(=O)C1CN(C(=O)c2cc3cc(Cl)ccc3o2)Cc2cncn21. The molecule has 4 rings (SSSR count). The van der Waals surface area contributed by atoms with Crippen molar-refractivity contribution < 1.29 is 14.0 Å². The van der Waals surface area contributed by atoms with Crippen LogP contribution in [0, 0.1) is 0 Å². The molecule has 2 amide bonds. The fraction of sp³-hybridized carbons (Fsp3) is 0.235. The average molecular weight is 359 g/mol. The summed E-state index contributed by atoms with van der Waals surface area (Å²) < 4.78 is 7.45. The molecule has 0 radical (unpaired) electrons. The molecule has 0 spiro atoms. The van der Waals surface area contributed by atoms with Gasteiger partial charge in [0.25, 0.3) is 5.91 Å². The van der Waals surface area contributed by atoms with Gasteiger partial charge < -0.3 is 19.2 Å². The Morgan fingerprint density at radius 2 is 2.20 bits per heavy atom. The number of amides is 2. The number of hydrogen-bond donors (Lipinski definition) is 1. The van der Waals surface area contributed by atoms with Gasteiger partial charge >= 0.3 is 0 Å². The number of carbonyl (C=O) groups is 2. The van der Waals surface area contributed by atoms with Crippen LogP contribution in [0.1, 0.15) is 22.3 Å². The van der Waals surface area contributed by atoms with Crippen LogP contribution in [-0.4, -0.2) is 39.9 Å². The van der Waals surface area contributed by atoms with Gasteiger partial charge in [0.15, 0.2) is 5.76 Å². The minimum Gasteiger partial charge on any atom is -0.451 e. The molecule has 0 saturated carbocycles. The highest BCUT2D eigenvalue weighted by Crippen LogP contribution is 2.27. The number of hydrogen-bond acceptors (Lipinski definition) is 4. The smallest absolute Gasteiger partial charge is 0.290 e. The van der Waals surface area contributed by atoms with Crippen LogP contribution in [0.5, 0.6) is 0 Å². The zero-order valence-electron chi connectivity index (χ0n) is 13.4. The van der Waals surface area contributed by atoms with Crippen LogP contribution in [0.25, 0.3) is 11.0 Å². The first kappa shape index (κ1) is 15.7. The largest absolute Gasteiger partial charge is 0.451 e. The molecular weight excluding hydrogens is 344 g/mol. The molecule has 128 valence electrons. The van der Waals surface area contributed by atoms with Gasteiger partial charge in [-0.3, -0.25) is 9.59 Å². The fourth-order valence-electron chi connectivity index (χ4n) is 3.10. The third-order valence-electron chi connectivity index (χ3n) is 4.35. The summed E-state index contributed by atoms with van der Waals surface area (Å²) in [6.45, 7) is 0.615. The average Bonchev–Trinajstić information content (AvgIpc) is 3.25. The third-order valence-corrected chi connectivity index (χ3v) is 4.59. The number of imidazole rings is 1. The molecule has 0 aliphatic carbocycles. The predicted molar refractivity (Wildman–Crippen MR) is 91.3 cm³/mol. The van der Waals surface area contributed by atoms with Gasteiger partial charge in [-0.05, 0) is 24.3 Å². The van der Waals surface area contributed by atoms with E-state index < -0.39 is 6.04 Å². The van der Waals surface area contributed by atoms with Crippen LogP contribution in [0.3, 0.4) is 0 Å². The summed E-state index contributed by atoms with van der Waals surface area (Å²) in [5.41, 5.74) is 1.39. The van der Waals surface area contributed by atoms with Crippen LogP contribution in [0.15, 0.2) is 41.2 Å². The van der Waals surface area contributed by atoms with E-state index in [0.717, 1.165) is 11.1 Å². The Morgan fingerprint density at radius 1 is 1.36 bits per heavy atom. The second kappa shape index (κ2) is 5.93. The van der Waals surface area contributed by atoms with Crippen molar-refractivity contribution in [3.63, 3.8) is 0 Å². The van der Waals surface area contributed by atoms with Crippen LogP contribution >= 0.6 is 11.6 Å². The zero-order chi connectivity index (χ0) is 17.6. The Balaban J connectivity index is 1.66. The number of nitrogens with zero attached hydrogens (tertiary/aromatic N) is 3. The lowest BCUT2D eigenvalue weighted by Gasteiger charge is -2.32. The molecule has 0 saturated heterocycles. The molecule has 7 nitrogen and oxygen atoms in total. The molecule has 2 aromatic heterocycles. The molecule has 3 heterocycles. The maximum Gasteiger partial charge on any atom is 0.290 e. The number of fused-ring (bicyclic) bond motifs is 2. The predicted octanol–water partition coefficient (Wildman–Crippen LogP) is 2.23. The summed E-state index contributed by atoms with van der Waals surface area (Å²) in [7, 11) is 1.57. The number of nitrogens with one attached hydrogen (secondary N) is 1. The van der Waals surface area contributed by atoms with E-state index >= 15 is 0 Å². The fourth-order valence-corrected chi connectivity index (χ4v) is 3.28. The van der Waals surface area contributed by atoms with Gasteiger partial charge in [-0.2, -0.15) is 0 Å². The van der Waals surface area contributed by atoms with Gasteiger partial charge in [-0.1, -0.05) is 11.6 Å². The molecule has 0 fully saturated rings. The molecule has 1 atom stereocenters. The Labute approximate surface area is 148 Å². The van der Waals surface area contributed by atoms with Crippen molar-refractivity contribution >= 4 is 34.4 Å². The van der Waals surface area contributed by atoms with E-state index in [0.29, 0.717) is 17.2 Å². The van der Waals surface area contributed by atoms with Gasteiger partial charge in [0.2, 0.25) is 5.91 Å². The van der Waals surface area contributed by atoms with Gasteiger partial charge in [0.05, 0.1) is 25.1 Å². The summed E-state index contributed by atoms with van der Waals surface area (Å²) in [6.07, 6.45) is 3.27. The van der Waals surface area contributed by atoms with Crippen LogP contribution in [0.4, 0.5) is 0 Å². The standard InChI is InChI=1S/C17H15ClN4O3/c1-19-16(23)13-8-21(7-12-6-20-9-22(12)13)17(24)15-5-10-4-11(18)2-3-14(10)25-15/h2-6,9,13H,7-8H2,1H3,(H,19,23). The van der Waals surface area contributed by atoms with Gasteiger partial charge in [-0.25, -0.2) is 4.98 Å². The van der Waals surface area contributed by atoms with Crippen LogP contribution in [0.2, 0.25) is 5.02 Å². The number of rotatable bonds is 2. The lowest BCUT2D eigenvalue weighted by molar-refractivity contribution is -0.124. The minimum absolute atomic E-state index is 0.173. The third kappa shape index (κ3) is 2.66. The highest BCUT2D eigenvalue weighted by molar-refractivity contribution is 6.31. The molecular formula is C17H15ClN4O3. The second-order valence-electron chi connectivity index (χ2n) is 5.90. The molecule has 8 heteroatoms. The first-order chi connectivity index (χ1) is 12.1. The number of furan rings is 1. The molecule has 25 heavy (non-hydrogen) atoms. The summed E-state index contributed by atoms with van der Waals surface area (Å²) in [4.78, 5) is 30.7. The van der Waals surface area contributed by atoms with E-state index in [9.17, 15) is 9.59 Å². The number of halogens is 1. The summed E-state index contributed by atoms with van der Waals surface area (Å²) in [5.74, 6) is -0.220. The topological polar surface area (TPSA) is 80.4 Å². The Kier molecular flexibility index (Phi) is 3.73. The quantitative estimate of drug-likeness (QED) is 0.761. The van der Waals surface area contributed by atoms with E-state index in [4.69, 9.17) is 16.0 Å². The maximum atomic E-state index is 12.9. The van der Waals surface area contributed by atoms with E-state index in [1.54, 1.807) is 53.3 Å². The van der Waals surface area contributed by atoms with Gasteiger partial charge in [0, 0.05) is 23.7 Å². The maximum absolute atomic E-state index is 12.9.